The maximum Gasteiger partial charge on any atom is 0.209 e. The Kier molecular flexibility index (Phi) is 5.22. The number of hydrogen-bond donors (Lipinski definition) is 1. The summed E-state index contributed by atoms with van der Waals surface area (Å²) < 4.78 is 28.0. The second kappa shape index (κ2) is 7.35. The molecule has 0 bridgehead atoms. The molecule has 1 heterocycles. The first-order valence-electron chi connectivity index (χ1n) is 7.69. The number of aliphatic hydroxyl groups is 1. The molecule has 1 saturated carbocycles. The SMILES string of the molecule is OC(CSc1nnnn1C1CCCCC1)c1ccc(F)c(F)c1. The van der Waals surface area contributed by atoms with Gasteiger partial charge < -0.3 is 5.11 Å². The van der Waals surface area contributed by atoms with Gasteiger partial charge in [-0.2, -0.15) is 0 Å². The summed E-state index contributed by atoms with van der Waals surface area (Å²) in [5.74, 6) is -1.61. The quantitative estimate of drug-likeness (QED) is 0.846. The van der Waals surface area contributed by atoms with Crippen LogP contribution >= 0.6 is 11.8 Å². The van der Waals surface area contributed by atoms with Crippen molar-refractivity contribution in [3.05, 3.63) is 35.4 Å². The third kappa shape index (κ3) is 3.87. The Labute approximate surface area is 137 Å². The Morgan fingerprint density at radius 2 is 2.00 bits per heavy atom. The van der Waals surface area contributed by atoms with E-state index in [-0.39, 0.29) is 5.75 Å². The third-order valence-electron chi connectivity index (χ3n) is 4.08. The van der Waals surface area contributed by atoms with Crippen LogP contribution in [0.25, 0.3) is 0 Å². The smallest absolute Gasteiger partial charge is 0.209 e. The predicted octanol–water partition coefficient (Wildman–Crippen LogP) is 3.28. The van der Waals surface area contributed by atoms with Crippen LogP contribution in [0.4, 0.5) is 8.78 Å². The number of halogens is 2. The molecular weight excluding hydrogens is 322 g/mol. The fraction of sp³-hybridized carbons (Fsp3) is 0.533. The summed E-state index contributed by atoms with van der Waals surface area (Å²) in [7, 11) is 0. The summed E-state index contributed by atoms with van der Waals surface area (Å²) >= 11 is 1.32. The topological polar surface area (TPSA) is 63.8 Å². The Morgan fingerprint density at radius 3 is 2.74 bits per heavy atom. The average Bonchev–Trinajstić information content (AvgIpc) is 3.04. The van der Waals surface area contributed by atoms with E-state index >= 15 is 0 Å². The molecule has 5 nitrogen and oxygen atoms in total. The molecule has 3 rings (SSSR count). The van der Waals surface area contributed by atoms with Crippen LogP contribution < -0.4 is 0 Å². The highest BCUT2D eigenvalue weighted by Crippen LogP contribution is 2.31. The van der Waals surface area contributed by atoms with E-state index in [1.807, 2.05) is 4.68 Å². The van der Waals surface area contributed by atoms with Crippen molar-refractivity contribution in [1.82, 2.24) is 20.2 Å². The van der Waals surface area contributed by atoms with Crippen LogP contribution in [0, 0.1) is 11.6 Å². The molecule has 1 atom stereocenters. The van der Waals surface area contributed by atoms with Gasteiger partial charge in [-0.3, -0.25) is 0 Å². The monoisotopic (exact) mass is 340 g/mol. The van der Waals surface area contributed by atoms with Gasteiger partial charge in [-0.15, -0.1) is 5.10 Å². The molecule has 0 aliphatic heterocycles. The molecule has 124 valence electrons. The molecule has 0 spiro atoms. The Hall–Kier alpha value is -1.54. The lowest BCUT2D eigenvalue weighted by molar-refractivity contribution is 0.203. The van der Waals surface area contributed by atoms with E-state index in [0.717, 1.165) is 25.0 Å². The van der Waals surface area contributed by atoms with Gasteiger partial charge >= 0.3 is 0 Å². The number of rotatable bonds is 5. The van der Waals surface area contributed by atoms with Gasteiger partial charge in [0.1, 0.15) is 0 Å². The zero-order valence-corrected chi connectivity index (χ0v) is 13.3. The minimum atomic E-state index is -0.960. The van der Waals surface area contributed by atoms with Gasteiger partial charge in [-0.25, -0.2) is 13.5 Å². The highest BCUT2D eigenvalue weighted by molar-refractivity contribution is 7.99. The molecular formula is C15H18F2N4OS. The predicted molar refractivity (Wildman–Crippen MR) is 82.0 cm³/mol. The number of thioether (sulfide) groups is 1. The molecule has 0 saturated heterocycles. The molecule has 1 aromatic heterocycles. The highest BCUT2D eigenvalue weighted by Gasteiger charge is 2.21. The Balaban J connectivity index is 1.64. The molecule has 0 amide bonds. The summed E-state index contributed by atoms with van der Waals surface area (Å²) in [6.07, 6.45) is 4.80. The van der Waals surface area contributed by atoms with Crippen LogP contribution in [0.2, 0.25) is 0 Å². The van der Waals surface area contributed by atoms with Crippen LogP contribution in [0.5, 0.6) is 0 Å². The number of benzene rings is 1. The zero-order valence-electron chi connectivity index (χ0n) is 12.5. The third-order valence-corrected chi connectivity index (χ3v) is 5.09. The maximum atomic E-state index is 13.2. The molecule has 1 unspecified atom stereocenters. The van der Waals surface area contributed by atoms with Gasteiger partial charge in [0, 0.05) is 5.75 Å². The minimum absolute atomic E-state index is 0.276. The number of nitrogens with zero attached hydrogens (tertiary/aromatic N) is 4. The fourth-order valence-electron chi connectivity index (χ4n) is 2.80. The van der Waals surface area contributed by atoms with Crippen LogP contribution in [-0.4, -0.2) is 31.1 Å². The molecule has 1 N–H and O–H groups in total. The number of hydrogen-bond acceptors (Lipinski definition) is 5. The largest absolute Gasteiger partial charge is 0.388 e. The first kappa shape index (κ1) is 16.3. The Bertz CT molecular complexity index is 661. The van der Waals surface area contributed by atoms with Gasteiger partial charge in [0.05, 0.1) is 12.1 Å². The summed E-state index contributed by atoms with van der Waals surface area (Å²) in [6.45, 7) is 0. The zero-order chi connectivity index (χ0) is 16.2. The first-order valence-corrected chi connectivity index (χ1v) is 8.67. The first-order chi connectivity index (χ1) is 11.1. The summed E-state index contributed by atoms with van der Waals surface area (Å²) in [5.41, 5.74) is 0.341. The summed E-state index contributed by atoms with van der Waals surface area (Å²) in [6, 6.07) is 3.73. The van der Waals surface area contributed by atoms with E-state index in [9.17, 15) is 13.9 Å². The van der Waals surface area contributed by atoms with Crippen molar-refractivity contribution in [2.45, 2.75) is 49.4 Å². The molecule has 1 aromatic carbocycles. The van der Waals surface area contributed by atoms with Crippen molar-refractivity contribution in [2.75, 3.05) is 5.75 Å². The van der Waals surface area contributed by atoms with Crippen LogP contribution in [0.15, 0.2) is 23.4 Å². The maximum absolute atomic E-state index is 13.2. The molecule has 1 aliphatic rings. The van der Waals surface area contributed by atoms with Crippen molar-refractivity contribution in [3.8, 4) is 0 Å². The van der Waals surface area contributed by atoms with E-state index in [1.54, 1.807) is 0 Å². The molecule has 2 aromatic rings. The van der Waals surface area contributed by atoms with E-state index < -0.39 is 17.7 Å². The lowest BCUT2D eigenvalue weighted by Crippen LogP contribution is -2.15. The van der Waals surface area contributed by atoms with Gasteiger partial charge in [-0.1, -0.05) is 37.1 Å². The number of tetrazole rings is 1. The van der Waals surface area contributed by atoms with E-state index in [0.29, 0.717) is 16.8 Å². The van der Waals surface area contributed by atoms with E-state index in [2.05, 4.69) is 15.5 Å². The minimum Gasteiger partial charge on any atom is -0.388 e. The van der Waals surface area contributed by atoms with Gasteiger partial charge in [0.25, 0.3) is 0 Å². The van der Waals surface area contributed by atoms with E-state index in [4.69, 9.17) is 0 Å². The number of aliphatic hydroxyl groups excluding tert-OH is 1. The number of aromatic nitrogens is 4. The highest BCUT2D eigenvalue weighted by atomic mass is 32.2. The van der Waals surface area contributed by atoms with E-state index in [1.165, 1.54) is 37.1 Å². The standard InChI is InChI=1S/C15H18F2N4OS/c16-12-7-6-10(8-13(12)17)14(22)9-23-15-18-19-20-21(15)11-4-2-1-3-5-11/h6-8,11,14,22H,1-5,9H2. The van der Waals surface area contributed by atoms with Crippen LogP contribution in [-0.2, 0) is 0 Å². The molecule has 8 heteroatoms. The summed E-state index contributed by atoms with van der Waals surface area (Å²) in [4.78, 5) is 0. The van der Waals surface area contributed by atoms with Gasteiger partial charge in [-0.05, 0) is 41.0 Å². The summed E-state index contributed by atoms with van der Waals surface area (Å²) in [5, 5.41) is 22.6. The van der Waals surface area contributed by atoms with Crippen molar-refractivity contribution < 1.29 is 13.9 Å². The van der Waals surface area contributed by atoms with Crippen LogP contribution in [0.3, 0.4) is 0 Å². The second-order valence-electron chi connectivity index (χ2n) is 5.70. The average molecular weight is 340 g/mol. The van der Waals surface area contributed by atoms with Crippen molar-refractivity contribution in [3.63, 3.8) is 0 Å². The van der Waals surface area contributed by atoms with Crippen molar-refractivity contribution >= 4 is 11.8 Å². The van der Waals surface area contributed by atoms with Gasteiger partial charge in [0.15, 0.2) is 11.6 Å². The fourth-order valence-corrected chi connectivity index (χ4v) is 3.72. The lowest BCUT2D eigenvalue weighted by Gasteiger charge is -2.22. The Morgan fingerprint density at radius 1 is 1.22 bits per heavy atom. The normalized spacial score (nSPS) is 17.3. The molecule has 1 aliphatic carbocycles. The second-order valence-corrected chi connectivity index (χ2v) is 6.69. The lowest BCUT2D eigenvalue weighted by atomic mass is 9.96. The molecule has 23 heavy (non-hydrogen) atoms. The van der Waals surface area contributed by atoms with Crippen LogP contribution in [0.1, 0.15) is 49.8 Å². The molecule has 0 radical (unpaired) electrons. The molecule has 1 fully saturated rings. The van der Waals surface area contributed by atoms with Crippen molar-refractivity contribution in [1.29, 1.82) is 0 Å². The van der Waals surface area contributed by atoms with Gasteiger partial charge in [0.2, 0.25) is 5.16 Å². The van der Waals surface area contributed by atoms with Crippen molar-refractivity contribution in [2.24, 2.45) is 0 Å².